The third-order valence-corrected chi connectivity index (χ3v) is 2.51. The number of nitrogens with one attached hydrogen (secondary N) is 1. The number of nitrogens with zero attached hydrogens (tertiary/aromatic N) is 1. The summed E-state index contributed by atoms with van der Waals surface area (Å²) in [4.78, 5) is 3.82. The molecule has 0 unspecified atom stereocenters. The summed E-state index contributed by atoms with van der Waals surface area (Å²) in [6.07, 6.45) is -4.44. The molecule has 1 aromatic rings. The van der Waals surface area contributed by atoms with Crippen LogP contribution in [0.15, 0.2) is 17.2 Å². The van der Waals surface area contributed by atoms with Gasteiger partial charge in [0.05, 0.1) is 17.2 Å². The molecule has 0 amide bonds. The molecule has 90 valence electrons. The highest BCUT2D eigenvalue weighted by molar-refractivity contribution is 7.99. The normalized spacial score (nSPS) is 11.6. The Labute approximate surface area is 94.0 Å². The fourth-order valence-electron chi connectivity index (χ4n) is 0.967. The number of anilines is 1. The highest BCUT2D eigenvalue weighted by Crippen LogP contribution is 2.32. The SMILES string of the molecule is NNc1cc(C(F)(F)F)cc(SCCO)n1. The summed E-state index contributed by atoms with van der Waals surface area (Å²) in [7, 11) is 0. The molecule has 0 atom stereocenters. The van der Waals surface area contributed by atoms with Crippen molar-refractivity contribution < 1.29 is 18.3 Å². The van der Waals surface area contributed by atoms with Crippen molar-refractivity contribution in [3.05, 3.63) is 17.7 Å². The van der Waals surface area contributed by atoms with E-state index in [4.69, 9.17) is 10.9 Å². The first-order chi connectivity index (χ1) is 7.47. The maximum Gasteiger partial charge on any atom is 0.416 e. The van der Waals surface area contributed by atoms with Crippen LogP contribution in [-0.4, -0.2) is 22.5 Å². The standard InChI is InChI=1S/C8H10F3N3OS/c9-8(10,11)5-3-6(14-12)13-7(4-5)16-2-1-15/h3-4,15H,1-2,12H2,(H,13,14). The Bertz CT molecular complexity index is 359. The predicted molar refractivity (Wildman–Crippen MR) is 54.9 cm³/mol. The van der Waals surface area contributed by atoms with Crippen molar-refractivity contribution in [2.75, 3.05) is 17.8 Å². The van der Waals surface area contributed by atoms with Crippen LogP contribution in [0.2, 0.25) is 0 Å². The van der Waals surface area contributed by atoms with E-state index in [1.165, 1.54) is 0 Å². The van der Waals surface area contributed by atoms with Gasteiger partial charge in [-0.2, -0.15) is 13.2 Å². The molecule has 4 nitrogen and oxygen atoms in total. The van der Waals surface area contributed by atoms with Gasteiger partial charge in [-0.15, -0.1) is 11.8 Å². The van der Waals surface area contributed by atoms with Crippen LogP contribution in [0.4, 0.5) is 19.0 Å². The number of alkyl halides is 3. The summed E-state index contributed by atoms with van der Waals surface area (Å²) in [5.41, 5.74) is 1.25. The van der Waals surface area contributed by atoms with Gasteiger partial charge in [-0.25, -0.2) is 10.8 Å². The molecule has 0 aliphatic heterocycles. The molecule has 0 bridgehead atoms. The maximum absolute atomic E-state index is 12.5. The number of pyridine rings is 1. The minimum absolute atomic E-state index is 0.0599. The molecule has 0 saturated heterocycles. The van der Waals surface area contributed by atoms with Gasteiger partial charge >= 0.3 is 6.18 Å². The summed E-state index contributed by atoms with van der Waals surface area (Å²) >= 11 is 1.02. The molecule has 16 heavy (non-hydrogen) atoms. The second-order valence-electron chi connectivity index (χ2n) is 2.79. The first-order valence-corrected chi connectivity index (χ1v) is 5.25. The number of aromatic nitrogens is 1. The number of hydrazine groups is 1. The smallest absolute Gasteiger partial charge is 0.396 e. The van der Waals surface area contributed by atoms with Gasteiger partial charge in [0.2, 0.25) is 0 Å². The Morgan fingerprint density at radius 2 is 2.12 bits per heavy atom. The second kappa shape index (κ2) is 5.37. The number of hydrogen-bond acceptors (Lipinski definition) is 5. The lowest BCUT2D eigenvalue weighted by Crippen LogP contribution is -2.12. The zero-order valence-electron chi connectivity index (χ0n) is 8.08. The van der Waals surface area contributed by atoms with Gasteiger partial charge < -0.3 is 10.5 Å². The average Bonchev–Trinajstić information content (AvgIpc) is 2.24. The van der Waals surface area contributed by atoms with Crippen LogP contribution in [0, 0.1) is 0 Å². The number of aliphatic hydroxyl groups excluding tert-OH is 1. The van der Waals surface area contributed by atoms with Crippen LogP contribution in [0.25, 0.3) is 0 Å². The van der Waals surface area contributed by atoms with Crippen molar-refractivity contribution >= 4 is 17.6 Å². The molecule has 0 aliphatic rings. The molecular weight excluding hydrogens is 243 g/mol. The summed E-state index contributed by atoms with van der Waals surface area (Å²) < 4.78 is 37.4. The number of nitrogen functional groups attached to an aromatic ring is 1. The summed E-state index contributed by atoms with van der Waals surface area (Å²) in [6, 6.07) is 1.74. The molecule has 0 fully saturated rings. The zero-order chi connectivity index (χ0) is 12.2. The Morgan fingerprint density at radius 1 is 1.44 bits per heavy atom. The number of nitrogens with two attached hydrogens (primary N) is 1. The van der Waals surface area contributed by atoms with Gasteiger partial charge in [-0.1, -0.05) is 0 Å². The molecule has 0 aliphatic carbocycles. The molecule has 0 aromatic carbocycles. The van der Waals surface area contributed by atoms with E-state index in [0.29, 0.717) is 0 Å². The summed E-state index contributed by atoms with van der Waals surface area (Å²) in [5.74, 6) is 5.24. The van der Waals surface area contributed by atoms with Gasteiger partial charge in [0.25, 0.3) is 0 Å². The van der Waals surface area contributed by atoms with Crippen molar-refractivity contribution in [2.45, 2.75) is 11.2 Å². The van der Waals surface area contributed by atoms with Crippen LogP contribution in [0.3, 0.4) is 0 Å². The molecule has 0 spiro atoms. The molecule has 1 heterocycles. The van der Waals surface area contributed by atoms with Crippen LogP contribution in [-0.2, 0) is 6.18 Å². The van der Waals surface area contributed by atoms with E-state index in [-0.39, 0.29) is 23.2 Å². The highest BCUT2D eigenvalue weighted by atomic mass is 32.2. The molecule has 1 rings (SSSR count). The number of hydrogen-bond donors (Lipinski definition) is 3. The average molecular weight is 253 g/mol. The number of halogens is 3. The van der Waals surface area contributed by atoms with Gasteiger partial charge in [0.1, 0.15) is 5.82 Å². The monoisotopic (exact) mass is 253 g/mol. The van der Waals surface area contributed by atoms with Crippen LogP contribution in [0.5, 0.6) is 0 Å². The molecule has 0 saturated carbocycles. The lowest BCUT2D eigenvalue weighted by atomic mass is 10.2. The van der Waals surface area contributed by atoms with E-state index in [9.17, 15) is 13.2 Å². The van der Waals surface area contributed by atoms with E-state index in [0.717, 1.165) is 23.9 Å². The van der Waals surface area contributed by atoms with Crippen LogP contribution >= 0.6 is 11.8 Å². The lowest BCUT2D eigenvalue weighted by Gasteiger charge is -2.10. The van der Waals surface area contributed by atoms with E-state index in [1.54, 1.807) is 0 Å². The molecular formula is C8H10F3N3OS. The number of aliphatic hydroxyl groups is 1. The van der Waals surface area contributed by atoms with Crippen molar-refractivity contribution in [1.29, 1.82) is 0 Å². The van der Waals surface area contributed by atoms with Gasteiger partial charge in [0.15, 0.2) is 0 Å². The first kappa shape index (κ1) is 13.1. The van der Waals surface area contributed by atoms with E-state index >= 15 is 0 Å². The quantitative estimate of drug-likeness (QED) is 0.430. The predicted octanol–water partition coefficient (Wildman–Crippen LogP) is 1.47. The topological polar surface area (TPSA) is 71.2 Å². The Kier molecular flexibility index (Phi) is 4.39. The Balaban J connectivity index is 3.01. The third kappa shape index (κ3) is 3.54. The minimum atomic E-state index is -4.44. The molecule has 8 heteroatoms. The Morgan fingerprint density at radius 3 is 2.62 bits per heavy atom. The number of rotatable bonds is 4. The van der Waals surface area contributed by atoms with Crippen molar-refractivity contribution in [3.63, 3.8) is 0 Å². The fourth-order valence-corrected chi connectivity index (χ4v) is 1.64. The largest absolute Gasteiger partial charge is 0.416 e. The third-order valence-electron chi connectivity index (χ3n) is 1.62. The van der Waals surface area contributed by atoms with E-state index < -0.39 is 11.7 Å². The zero-order valence-corrected chi connectivity index (χ0v) is 8.90. The second-order valence-corrected chi connectivity index (χ2v) is 3.91. The van der Waals surface area contributed by atoms with Gasteiger partial charge in [-0.3, -0.25) is 0 Å². The highest BCUT2D eigenvalue weighted by Gasteiger charge is 2.31. The molecule has 4 N–H and O–H groups in total. The van der Waals surface area contributed by atoms with Gasteiger partial charge in [0, 0.05) is 5.75 Å². The number of thioether (sulfide) groups is 1. The van der Waals surface area contributed by atoms with Crippen molar-refractivity contribution in [3.8, 4) is 0 Å². The summed E-state index contributed by atoms with van der Waals surface area (Å²) in [5, 5.41) is 8.74. The molecule has 1 aromatic heterocycles. The Hall–Kier alpha value is -0.990. The summed E-state index contributed by atoms with van der Waals surface area (Å²) in [6.45, 7) is -0.131. The van der Waals surface area contributed by atoms with Crippen molar-refractivity contribution in [2.24, 2.45) is 5.84 Å². The fraction of sp³-hybridized carbons (Fsp3) is 0.375. The molecule has 0 radical (unpaired) electrons. The van der Waals surface area contributed by atoms with Crippen molar-refractivity contribution in [1.82, 2.24) is 4.98 Å². The van der Waals surface area contributed by atoms with Crippen LogP contribution in [0.1, 0.15) is 5.56 Å². The minimum Gasteiger partial charge on any atom is -0.396 e. The van der Waals surface area contributed by atoms with E-state index in [1.807, 2.05) is 0 Å². The van der Waals surface area contributed by atoms with Gasteiger partial charge in [-0.05, 0) is 12.1 Å². The first-order valence-electron chi connectivity index (χ1n) is 4.27. The lowest BCUT2D eigenvalue weighted by molar-refractivity contribution is -0.137. The van der Waals surface area contributed by atoms with E-state index in [2.05, 4.69) is 10.4 Å². The van der Waals surface area contributed by atoms with Crippen LogP contribution < -0.4 is 11.3 Å². The maximum atomic E-state index is 12.5.